The molecule has 1 aromatic carbocycles. The van der Waals surface area contributed by atoms with Crippen molar-refractivity contribution in [2.45, 2.75) is 19.4 Å². The summed E-state index contributed by atoms with van der Waals surface area (Å²) in [5.41, 5.74) is 2.03. The first-order valence-electron chi connectivity index (χ1n) is 8.61. The van der Waals surface area contributed by atoms with Crippen LogP contribution in [-0.4, -0.2) is 39.0 Å². The maximum Gasteiger partial charge on any atom is 0.306 e. The van der Waals surface area contributed by atoms with Gasteiger partial charge in [-0.1, -0.05) is 23.5 Å². The highest BCUT2D eigenvalue weighted by molar-refractivity contribution is 7.19. The van der Waals surface area contributed by atoms with Crippen molar-refractivity contribution in [3.63, 3.8) is 0 Å². The Hall–Kier alpha value is -2.51. The molecule has 0 radical (unpaired) electrons. The Labute approximate surface area is 155 Å². The molecule has 1 aliphatic rings. The first kappa shape index (κ1) is 16.9. The number of aliphatic carboxylic acids is 1. The van der Waals surface area contributed by atoms with Crippen LogP contribution in [0.1, 0.15) is 18.4 Å². The van der Waals surface area contributed by atoms with Gasteiger partial charge in [0.2, 0.25) is 0 Å². The number of thiazole rings is 1. The highest BCUT2D eigenvalue weighted by Crippen LogP contribution is 2.30. The lowest BCUT2D eigenvalue weighted by Gasteiger charge is -2.30. The van der Waals surface area contributed by atoms with Gasteiger partial charge in [-0.3, -0.25) is 9.69 Å². The Kier molecular flexibility index (Phi) is 4.81. The monoisotopic (exact) mass is 369 g/mol. The number of hydrogen-bond donors (Lipinski definition) is 1. The van der Waals surface area contributed by atoms with E-state index in [2.05, 4.69) is 14.9 Å². The van der Waals surface area contributed by atoms with Crippen LogP contribution in [0, 0.1) is 5.92 Å². The van der Waals surface area contributed by atoms with Crippen molar-refractivity contribution in [1.29, 1.82) is 0 Å². The van der Waals surface area contributed by atoms with Crippen LogP contribution in [0.3, 0.4) is 0 Å². The van der Waals surface area contributed by atoms with Gasteiger partial charge in [0.1, 0.15) is 16.1 Å². The molecule has 0 atom stereocenters. The fourth-order valence-electron chi connectivity index (χ4n) is 3.15. The number of rotatable bonds is 5. The molecule has 1 aliphatic heterocycles. The summed E-state index contributed by atoms with van der Waals surface area (Å²) in [7, 11) is 0. The van der Waals surface area contributed by atoms with Gasteiger partial charge >= 0.3 is 5.97 Å². The molecule has 1 fully saturated rings. The van der Waals surface area contributed by atoms with Gasteiger partial charge in [0.15, 0.2) is 0 Å². The van der Waals surface area contributed by atoms with E-state index in [9.17, 15) is 4.79 Å². The molecule has 26 heavy (non-hydrogen) atoms. The summed E-state index contributed by atoms with van der Waals surface area (Å²) in [4.78, 5) is 22.9. The van der Waals surface area contributed by atoms with Crippen LogP contribution in [0.5, 0.6) is 10.9 Å². The Morgan fingerprint density at radius 1 is 1.23 bits per heavy atom. The number of hydrogen-bond acceptors (Lipinski definition) is 6. The lowest BCUT2D eigenvalue weighted by molar-refractivity contribution is -0.143. The molecular formula is C19H19N3O3S. The van der Waals surface area contributed by atoms with E-state index in [1.165, 1.54) is 16.9 Å². The summed E-state index contributed by atoms with van der Waals surface area (Å²) in [6, 6.07) is 11.8. The number of fused-ring (bicyclic) bond motifs is 1. The van der Waals surface area contributed by atoms with E-state index in [0.717, 1.165) is 48.6 Å². The van der Waals surface area contributed by atoms with E-state index in [1.54, 1.807) is 6.20 Å². The van der Waals surface area contributed by atoms with Gasteiger partial charge in [-0.25, -0.2) is 9.97 Å². The molecule has 0 spiro atoms. The molecule has 1 saturated heterocycles. The summed E-state index contributed by atoms with van der Waals surface area (Å²) in [5.74, 6) is -0.112. The maximum atomic E-state index is 11.0. The summed E-state index contributed by atoms with van der Waals surface area (Å²) in [6.07, 6.45) is 3.20. The molecule has 3 heterocycles. The van der Waals surface area contributed by atoms with E-state index < -0.39 is 5.97 Å². The molecular weight excluding hydrogens is 350 g/mol. The smallest absolute Gasteiger partial charge is 0.306 e. The van der Waals surface area contributed by atoms with Crippen molar-refractivity contribution in [2.75, 3.05) is 13.1 Å². The SMILES string of the molecule is O=C(O)C1CCN(Cc2ccc(Oc3nc4cccnc4s3)cc2)CC1. The van der Waals surface area contributed by atoms with Gasteiger partial charge in [-0.15, -0.1) is 0 Å². The van der Waals surface area contributed by atoms with E-state index in [4.69, 9.17) is 9.84 Å². The largest absolute Gasteiger partial charge is 0.481 e. The molecule has 0 saturated carbocycles. The van der Waals surface area contributed by atoms with Crippen molar-refractivity contribution in [2.24, 2.45) is 5.92 Å². The standard InChI is InChI=1S/C19H19N3O3S/c23-18(24)14-7-10-22(11-8-14)12-13-3-5-15(6-4-13)25-19-21-16-2-1-9-20-17(16)26-19/h1-6,9,14H,7-8,10-12H2,(H,23,24). The molecule has 0 bridgehead atoms. The Morgan fingerprint density at radius 2 is 2.00 bits per heavy atom. The minimum Gasteiger partial charge on any atom is -0.481 e. The second kappa shape index (κ2) is 7.39. The number of carbonyl (C=O) groups is 1. The van der Waals surface area contributed by atoms with Gasteiger partial charge < -0.3 is 9.84 Å². The number of ether oxygens (including phenoxy) is 1. The highest BCUT2D eigenvalue weighted by Gasteiger charge is 2.24. The van der Waals surface area contributed by atoms with Crippen LogP contribution in [0.15, 0.2) is 42.6 Å². The predicted molar refractivity (Wildman–Crippen MR) is 99.6 cm³/mol. The zero-order valence-corrected chi connectivity index (χ0v) is 15.0. The van der Waals surface area contributed by atoms with E-state index >= 15 is 0 Å². The fourth-order valence-corrected chi connectivity index (χ4v) is 3.93. The summed E-state index contributed by atoms with van der Waals surface area (Å²) < 4.78 is 5.84. The molecule has 2 aromatic heterocycles. The number of carboxylic acid groups (broad SMARTS) is 1. The lowest BCUT2D eigenvalue weighted by Crippen LogP contribution is -2.35. The van der Waals surface area contributed by atoms with Crippen molar-refractivity contribution in [1.82, 2.24) is 14.9 Å². The molecule has 0 unspecified atom stereocenters. The van der Waals surface area contributed by atoms with Crippen molar-refractivity contribution < 1.29 is 14.6 Å². The van der Waals surface area contributed by atoms with Crippen LogP contribution >= 0.6 is 11.3 Å². The van der Waals surface area contributed by atoms with E-state index in [0.29, 0.717) is 5.19 Å². The van der Waals surface area contributed by atoms with Crippen molar-refractivity contribution >= 4 is 27.7 Å². The average Bonchev–Trinajstić information content (AvgIpc) is 3.06. The van der Waals surface area contributed by atoms with Gasteiger partial charge in [0, 0.05) is 12.7 Å². The van der Waals surface area contributed by atoms with Gasteiger partial charge in [-0.2, -0.15) is 0 Å². The minimum absolute atomic E-state index is 0.190. The number of nitrogens with zero attached hydrogens (tertiary/aromatic N) is 3. The molecule has 7 heteroatoms. The van der Waals surface area contributed by atoms with E-state index in [-0.39, 0.29) is 5.92 Å². The third kappa shape index (κ3) is 3.84. The fraction of sp³-hybridized carbons (Fsp3) is 0.316. The molecule has 1 N–H and O–H groups in total. The summed E-state index contributed by atoms with van der Waals surface area (Å²) >= 11 is 1.43. The molecule has 0 aliphatic carbocycles. The number of likely N-dealkylation sites (tertiary alicyclic amines) is 1. The van der Waals surface area contributed by atoms with Gasteiger partial charge in [0.05, 0.1) is 5.92 Å². The van der Waals surface area contributed by atoms with Crippen molar-refractivity contribution in [3.8, 4) is 10.9 Å². The topological polar surface area (TPSA) is 75.5 Å². The van der Waals surface area contributed by atoms with Crippen LogP contribution in [0.25, 0.3) is 10.3 Å². The number of aromatic nitrogens is 2. The third-order valence-electron chi connectivity index (χ3n) is 4.62. The highest BCUT2D eigenvalue weighted by atomic mass is 32.1. The number of carboxylic acids is 1. The van der Waals surface area contributed by atoms with Crippen molar-refractivity contribution in [3.05, 3.63) is 48.2 Å². The first-order valence-corrected chi connectivity index (χ1v) is 9.42. The third-order valence-corrected chi connectivity index (χ3v) is 5.48. The van der Waals surface area contributed by atoms with Gasteiger partial charge in [0.25, 0.3) is 5.19 Å². The molecule has 4 rings (SSSR count). The Balaban J connectivity index is 1.35. The Bertz CT molecular complexity index is 869. The molecule has 134 valence electrons. The zero-order valence-electron chi connectivity index (χ0n) is 14.2. The predicted octanol–water partition coefficient (Wildman–Crippen LogP) is 3.78. The van der Waals surface area contributed by atoms with Gasteiger partial charge in [-0.05, 0) is 55.8 Å². The normalized spacial score (nSPS) is 16.0. The molecule has 3 aromatic rings. The minimum atomic E-state index is -0.670. The first-order chi connectivity index (χ1) is 12.7. The van der Waals surface area contributed by atoms with Crippen LogP contribution < -0.4 is 4.74 Å². The zero-order chi connectivity index (χ0) is 17.9. The molecule has 6 nitrogen and oxygen atoms in total. The molecule has 0 amide bonds. The van der Waals surface area contributed by atoms with Crippen LogP contribution in [-0.2, 0) is 11.3 Å². The number of piperidine rings is 1. The second-order valence-electron chi connectivity index (χ2n) is 6.44. The van der Waals surface area contributed by atoms with Crippen LogP contribution in [0.4, 0.5) is 0 Å². The lowest BCUT2D eigenvalue weighted by atomic mass is 9.97. The second-order valence-corrected chi connectivity index (χ2v) is 7.38. The van der Waals surface area contributed by atoms with Crippen LogP contribution in [0.2, 0.25) is 0 Å². The Morgan fingerprint density at radius 3 is 2.69 bits per heavy atom. The summed E-state index contributed by atoms with van der Waals surface area (Å²) in [6.45, 7) is 2.49. The average molecular weight is 369 g/mol. The number of benzene rings is 1. The summed E-state index contributed by atoms with van der Waals surface area (Å²) in [5, 5.41) is 9.66. The maximum absolute atomic E-state index is 11.0. The quantitative estimate of drug-likeness (QED) is 0.738. The van der Waals surface area contributed by atoms with E-state index in [1.807, 2.05) is 36.4 Å². The number of pyridine rings is 1.